The summed E-state index contributed by atoms with van der Waals surface area (Å²) in [4.78, 5) is 14.7. The van der Waals surface area contributed by atoms with Crippen molar-refractivity contribution >= 4 is 11.6 Å². The Balaban J connectivity index is 1.96. The summed E-state index contributed by atoms with van der Waals surface area (Å²) < 4.78 is 5.35. The lowest BCUT2D eigenvalue weighted by molar-refractivity contribution is 0.0753. The van der Waals surface area contributed by atoms with Gasteiger partial charge in [0.2, 0.25) is 0 Å². The summed E-state index contributed by atoms with van der Waals surface area (Å²) in [7, 11) is 1.63. The molecule has 1 atom stereocenters. The van der Waals surface area contributed by atoms with E-state index in [9.17, 15) is 4.79 Å². The summed E-state index contributed by atoms with van der Waals surface area (Å²) in [6.07, 6.45) is 4.25. The molecule has 3 rings (SSSR count). The number of allylic oxidation sites excluding steroid dienone is 1. The number of ether oxygens (including phenoxy) is 1. The average molecular weight is 272 g/mol. The van der Waals surface area contributed by atoms with Gasteiger partial charge < -0.3 is 15.0 Å². The van der Waals surface area contributed by atoms with E-state index in [1.807, 2.05) is 23.1 Å². The molecule has 1 aromatic carbocycles. The molecular weight excluding hydrogens is 252 g/mol. The normalized spacial score (nSPS) is 23.1. The third-order valence-electron chi connectivity index (χ3n) is 4.06. The van der Waals surface area contributed by atoms with Gasteiger partial charge >= 0.3 is 0 Å². The van der Waals surface area contributed by atoms with Crippen LogP contribution in [0.4, 0.5) is 5.69 Å². The van der Waals surface area contributed by atoms with Crippen LogP contribution in [0.15, 0.2) is 29.8 Å². The predicted octanol–water partition coefficient (Wildman–Crippen LogP) is 2.67. The van der Waals surface area contributed by atoms with Crippen molar-refractivity contribution in [3.05, 3.63) is 35.4 Å². The second-order valence-corrected chi connectivity index (χ2v) is 5.33. The molecule has 1 N–H and O–H groups in total. The summed E-state index contributed by atoms with van der Waals surface area (Å²) in [6, 6.07) is 5.88. The van der Waals surface area contributed by atoms with E-state index in [-0.39, 0.29) is 11.9 Å². The van der Waals surface area contributed by atoms with E-state index in [4.69, 9.17) is 4.74 Å². The first kappa shape index (κ1) is 13.0. The Kier molecular flexibility index (Phi) is 3.38. The smallest absolute Gasteiger partial charge is 0.256 e. The number of carbonyl (C=O) groups is 1. The van der Waals surface area contributed by atoms with Gasteiger partial charge in [0.15, 0.2) is 0 Å². The lowest BCUT2D eigenvalue weighted by Crippen LogP contribution is -2.36. The van der Waals surface area contributed by atoms with Gasteiger partial charge in [-0.25, -0.2) is 0 Å². The lowest BCUT2D eigenvalue weighted by Gasteiger charge is -2.20. The van der Waals surface area contributed by atoms with Gasteiger partial charge in [-0.2, -0.15) is 0 Å². The summed E-state index contributed by atoms with van der Waals surface area (Å²) >= 11 is 0. The first-order valence-corrected chi connectivity index (χ1v) is 7.14. The second kappa shape index (κ2) is 5.19. The van der Waals surface area contributed by atoms with Gasteiger partial charge in [-0.3, -0.25) is 4.79 Å². The van der Waals surface area contributed by atoms with Crippen molar-refractivity contribution in [2.24, 2.45) is 0 Å². The molecule has 0 bridgehead atoms. The fraction of sp³-hybridized carbons (Fsp3) is 0.438. The summed E-state index contributed by atoms with van der Waals surface area (Å²) in [5, 5.41) is 3.39. The molecule has 2 heterocycles. The quantitative estimate of drug-likeness (QED) is 0.842. The number of rotatable bonds is 2. The average Bonchev–Trinajstić information content (AvgIpc) is 2.82. The highest BCUT2D eigenvalue weighted by Crippen LogP contribution is 2.35. The minimum absolute atomic E-state index is 0.105. The number of carbonyl (C=O) groups excluding carboxylic acids is 1. The predicted molar refractivity (Wildman–Crippen MR) is 79.3 cm³/mol. The number of hydrogen-bond acceptors (Lipinski definition) is 3. The third-order valence-corrected chi connectivity index (χ3v) is 4.06. The van der Waals surface area contributed by atoms with E-state index in [1.165, 1.54) is 5.57 Å². The molecule has 0 unspecified atom stereocenters. The van der Waals surface area contributed by atoms with Crippen LogP contribution in [0.25, 0.3) is 0 Å². The van der Waals surface area contributed by atoms with E-state index in [1.54, 1.807) is 7.11 Å². The van der Waals surface area contributed by atoms with Crippen molar-refractivity contribution in [2.75, 3.05) is 25.5 Å². The Morgan fingerprint density at radius 3 is 3.10 bits per heavy atom. The molecule has 20 heavy (non-hydrogen) atoms. The number of anilines is 1. The monoisotopic (exact) mass is 272 g/mol. The van der Waals surface area contributed by atoms with Gasteiger partial charge in [0.1, 0.15) is 5.75 Å². The van der Waals surface area contributed by atoms with Gasteiger partial charge in [0, 0.05) is 13.1 Å². The van der Waals surface area contributed by atoms with Crippen molar-refractivity contribution in [1.82, 2.24) is 4.90 Å². The Bertz CT molecular complexity index is 566. The minimum atomic E-state index is 0.105. The maximum atomic E-state index is 12.7. The zero-order valence-corrected chi connectivity index (χ0v) is 12.0. The molecule has 1 fully saturated rings. The summed E-state index contributed by atoms with van der Waals surface area (Å²) in [5.74, 6) is 0.842. The molecule has 1 amide bonds. The molecule has 4 heteroatoms. The maximum Gasteiger partial charge on any atom is 0.256 e. The van der Waals surface area contributed by atoms with Crippen molar-refractivity contribution < 1.29 is 9.53 Å². The molecule has 0 radical (unpaired) electrons. The number of fused-ring (bicyclic) bond motifs is 2. The summed E-state index contributed by atoms with van der Waals surface area (Å²) in [5.41, 5.74) is 2.92. The Morgan fingerprint density at radius 1 is 1.50 bits per heavy atom. The van der Waals surface area contributed by atoms with Crippen molar-refractivity contribution in [3.8, 4) is 5.75 Å². The highest BCUT2D eigenvalue weighted by atomic mass is 16.5. The highest BCUT2D eigenvalue weighted by molar-refractivity contribution is 6.02. The van der Waals surface area contributed by atoms with E-state index in [2.05, 4.69) is 18.3 Å². The van der Waals surface area contributed by atoms with Gasteiger partial charge in [-0.05, 0) is 25.0 Å². The molecule has 2 aliphatic rings. The van der Waals surface area contributed by atoms with Gasteiger partial charge in [-0.1, -0.05) is 24.6 Å². The zero-order valence-electron chi connectivity index (χ0n) is 12.0. The van der Waals surface area contributed by atoms with Crippen LogP contribution >= 0.6 is 0 Å². The summed E-state index contributed by atoms with van der Waals surface area (Å²) in [6.45, 7) is 3.67. The van der Waals surface area contributed by atoms with Crippen LogP contribution < -0.4 is 10.1 Å². The van der Waals surface area contributed by atoms with Crippen molar-refractivity contribution in [2.45, 2.75) is 25.8 Å². The van der Waals surface area contributed by atoms with Crippen molar-refractivity contribution in [3.63, 3.8) is 0 Å². The number of methoxy groups -OCH3 is 1. The fourth-order valence-corrected chi connectivity index (χ4v) is 3.12. The van der Waals surface area contributed by atoms with Crippen LogP contribution in [0, 0.1) is 0 Å². The molecule has 2 aliphatic heterocycles. The van der Waals surface area contributed by atoms with Crippen molar-refractivity contribution in [1.29, 1.82) is 0 Å². The van der Waals surface area contributed by atoms with E-state index in [0.717, 1.165) is 37.4 Å². The molecule has 4 nitrogen and oxygen atoms in total. The number of nitrogens with one attached hydrogen (secondary N) is 1. The molecule has 0 aromatic heterocycles. The largest absolute Gasteiger partial charge is 0.495 e. The molecule has 1 saturated heterocycles. The third kappa shape index (κ3) is 2.05. The minimum Gasteiger partial charge on any atom is -0.495 e. The van der Waals surface area contributed by atoms with Crippen LogP contribution in [0.5, 0.6) is 5.75 Å². The molecule has 0 aliphatic carbocycles. The van der Waals surface area contributed by atoms with Crippen LogP contribution in [0.1, 0.15) is 30.1 Å². The number of nitrogens with zero attached hydrogens (tertiary/aromatic N) is 1. The molecular formula is C16H20N2O2. The molecule has 1 aromatic rings. The molecule has 0 spiro atoms. The van der Waals surface area contributed by atoms with E-state index >= 15 is 0 Å². The van der Waals surface area contributed by atoms with Crippen LogP contribution in [0.3, 0.4) is 0 Å². The standard InChI is InChI=1S/C16H20N2O2/c1-3-5-11-8-12-9-17-15-13(16(19)18(12)10-11)6-4-7-14(15)20-2/h4-7,12,17H,3,8-10H2,1-2H3/b11-5-/t12-/m0/s1. The highest BCUT2D eigenvalue weighted by Gasteiger charge is 2.35. The number of hydrogen-bond donors (Lipinski definition) is 1. The Hall–Kier alpha value is -1.97. The Morgan fingerprint density at radius 2 is 2.35 bits per heavy atom. The zero-order chi connectivity index (χ0) is 14.1. The number of benzene rings is 1. The van der Waals surface area contributed by atoms with Crippen LogP contribution in [0.2, 0.25) is 0 Å². The first-order valence-electron chi connectivity index (χ1n) is 7.14. The number of para-hydroxylation sites is 1. The van der Waals surface area contributed by atoms with Gasteiger partial charge in [0.25, 0.3) is 5.91 Å². The van der Waals surface area contributed by atoms with E-state index < -0.39 is 0 Å². The Labute approximate surface area is 119 Å². The fourth-order valence-electron chi connectivity index (χ4n) is 3.12. The second-order valence-electron chi connectivity index (χ2n) is 5.33. The van der Waals surface area contributed by atoms with Gasteiger partial charge in [0.05, 0.1) is 24.4 Å². The first-order chi connectivity index (χ1) is 9.74. The topological polar surface area (TPSA) is 41.6 Å². The van der Waals surface area contributed by atoms with Crippen LogP contribution in [-0.2, 0) is 0 Å². The SMILES string of the molecule is CC/C=C1/C[C@H]2CNc3c(OC)cccc3C(=O)N2C1. The molecule has 0 saturated carbocycles. The van der Waals surface area contributed by atoms with E-state index in [0.29, 0.717) is 5.56 Å². The number of amides is 1. The molecule has 106 valence electrons. The lowest BCUT2D eigenvalue weighted by atomic mass is 10.1. The van der Waals surface area contributed by atoms with Gasteiger partial charge in [-0.15, -0.1) is 0 Å². The van der Waals surface area contributed by atoms with Crippen LogP contribution in [-0.4, -0.2) is 37.0 Å². The maximum absolute atomic E-state index is 12.7.